The molecule has 0 aliphatic rings. The summed E-state index contributed by atoms with van der Waals surface area (Å²) in [5.74, 6) is 0. The number of unbranched alkanes of at least 4 members (excludes halogenated alkanes) is 6. The first-order chi connectivity index (χ1) is 10.0. The van der Waals surface area contributed by atoms with Gasteiger partial charge in [0.05, 0.1) is 4.91 Å². The molecule has 0 saturated carbocycles. The maximum absolute atomic E-state index is 11.4. The summed E-state index contributed by atoms with van der Waals surface area (Å²) >= 11 is 0. The van der Waals surface area contributed by atoms with Crippen molar-refractivity contribution in [3.63, 3.8) is 0 Å². The van der Waals surface area contributed by atoms with E-state index in [1.807, 2.05) is 30.3 Å². The van der Waals surface area contributed by atoms with Crippen LogP contribution in [-0.2, 0) is 10.1 Å². The van der Waals surface area contributed by atoms with Crippen LogP contribution in [0.25, 0.3) is 6.08 Å². The Labute approximate surface area is 128 Å². The Morgan fingerprint density at radius 1 is 1.00 bits per heavy atom. The van der Waals surface area contributed by atoms with Crippen molar-refractivity contribution in [2.24, 2.45) is 0 Å². The van der Waals surface area contributed by atoms with E-state index in [2.05, 4.69) is 6.92 Å². The monoisotopic (exact) mass is 310 g/mol. The van der Waals surface area contributed by atoms with Gasteiger partial charge in [-0.3, -0.25) is 4.55 Å². The smallest absolute Gasteiger partial charge is 0.282 e. The Hall–Kier alpha value is -1.13. The lowest BCUT2D eigenvalue weighted by atomic mass is 10.1. The normalized spacial score (nSPS) is 12.6. The molecule has 21 heavy (non-hydrogen) atoms. The van der Waals surface area contributed by atoms with E-state index in [1.165, 1.54) is 25.7 Å². The summed E-state index contributed by atoms with van der Waals surface area (Å²) in [6.07, 6.45) is 9.85. The third-order valence-corrected chi connectivity index (χ3v) is 4.47. The van der Waals surface area contributed by atoms with Crippen LogP contribution >= 0.6 is 0 Å². The Morgan fingerprint density at radius 2 is 1.57 bits per heavy atom. The molecule has 118 valence electrons. The van der Waals surface area contributed by atoms with Crippen molar-refractivity contribution in [2.75, 3.05) is 0 Å². The minimum Gasteiger partial charge on any atom is -0.282 e. The molecule has 0 spiro atoms. The molecular weight excluding hydrogens is 284 g/mol. The van der Waals surface area contributed by atoms with Gasteiger partial charge in [-0.15, -0.1) is 0 Å². The molecule has 0 fully saturated rings. The molecule has 3 nitrogen and oxygen atoms in total. The lowest BCUT2D eigenvalue weighted by molar-refractivity contribution is 0.488. The molecule has 1 N–H and O–H groups in total. The van der Waals surface area contributed by atoms with Gasteiger partial charge in [0.25, 0.3) is 10.1 Å². The lowest BCUT2D eigenvalue weighted by Gasteiger charge is -2.05. The zero-order valence-corrected chi connectivity index (χ0v) is 13.6. The van der Waals surface area contributed by atoms with Crippen LogP contribution < -0.4 is 0 Å². The van der Waals surface area contributed by atoms with Gasteiger partial charge < -0.3 is 0 Å². The molecular formula is C17H26O3S. The van der Waals surface area contributed by atoms with E-state index in [4.69, 9.17) is 0 Å². The minimum atomic E-state index is -4.10. The van der Waals surface area contributed by atoms with E-state index in [1.54, 1.807) is 6.08 Å². The van der Waals surface area contributed by atoms with Crippen LogP contribution in [0.2, 0.25) is 0 Å². The Kier molecular flexibility index (Phi) is 8.31. The Bertz CT molecular complexity index is 518. The molecule has 0 bridgehead atoms. The van der Waals surface area contributed by atoms with E-state index in [0.717, 1.165) is 24.8 Å². The van der Waals surface area contributed by atoms with E-state index < -0.39 is 10.1 Å². The third kappa shape index (κ3) is 8.02. The third-order valence-electron chi connectivity index (χ3n) is 3.49. The van der Waals surface area contributed by atoms with Crippen LogP contribution in [0.4, 0.5) is 0 Å². The Morgan fingerprint density at radius 3 is 2.14 bits per heavy atom. The molecule has 0 aliphatic carbocycles. The van der Waals surface area contributed by atoms with E-state index >= 15 is 0 Å². The van der Waals surface area contributed by atoms with Gasteiger partial charge in [0.15, 0.2) is 0 Å². The molecule has 0 aliphatic heterocycles. The van der Waals surface area contributed by atoms with Gasteiger partial charge in [0.2, 0.25) is 0 Å². The summed E-state index contributed by atoms with van der Waals surface area (Å²) in [7, 11) is -4.10. The summed E-state index contributed by atoms with van der Waals surface area (Å²) in [5.41, 5.74) is 0.799. The molecule has 0 heterocycles. The van der Waals surface area contributed by atoms with Crippen LogP contribution in [-0.4, -0.2) is 13.0 Å². The second kappa shape index (κ2) is 9.74. The maximum Gasteiger partial charge on any atom is 0.290 e. The molecule has 4 heteroatoms. The first-order valence-electron chi connectivity index (χ1n) is 7.77. The number of benzene rings is 1. The fraction of sp³-hybridized carbons (Fsp3) is 0.529. The van der Waals surface area contributed by atoms with E-state index in [-0.39, 0.29) is 4.91 Å². The van der Waals surface area contributed by atoms with Crippen molar-refractivity contribution in [1.29, 1.82) is 0 Å². The van der Waals surface area contributed by atoms with Crippen molar-refractivity contribution in [1.82, 2.24) is 0 Å². The largest absolute Gasteiger partial charge is 0.290 e. The van der Waals surface area contributed by atoms with Crippen LogP contribution in [0.5, 0.6) is 0 Å². The highest BCUT2D eigenvalue weighted by Crippen LogP contribution is 2.19. The summed E-state index contributed by atoms with van der Waals surface area (Å²) in [6, 6.07) is 9.23. The molecule has 0 unspecified atom stereocenters. The van der Waals surface area contributed by atoms with Crippen LogP contribution in [0.15, 0.2) is 35.2 Å². The summed E-state index contributed by atoms with van der Waals surface area (Å²) in [5, 5.41) is 0. The molecule has 0 atom stereocenters. The van der Waals surface area contributed by atoms with Crippen molar-refractivity contribution in [3.8, 4) is 0 Å². The van der Waals surface area contributed by atoms with Gasteiger partial charge in [-0.25, -0.2) is 0 Å². The molecule has 0 radical (unpaired) electrons. The highest BCUT2D eigenvalue weighted by atomic mass is 32.2. The van der Waals surface area contributed by atoms with Gasteiger partial charge in [-0.1, -0.05) is 75.8 Å². The second-order valence-corrected chi connectivity index (χ2v) is 6.84. The van der Waals surface area contributed by atoms with E-state index in [0.29, 0.717) is 6.42 Å². The Balaban J connectivity index is 2.48. The van der Waals surface area contributed by atoms with Gasteiger partial charge >= 0.3 is 0 Å². The quantitative estimate of drug-likeness (QED) is 0.485. The van der Waals surface area contributed by atoms with Gasteiger partial charge in [0.1, 0.15) is 0 Å². The second-order valence-electron chi connectivity index (χ2n) is 5.37. The van der Waals surface area contributed by atoms with Crippen molar-refractivity contribution in [3.05, 3.63) is 40.8 Å². The summed E-state index contributed by atoms with van der Waals surface area (Å²) in [4.78, 5) is 0.113. The average molecular weight is 310 g/mol. The van der Waals surface area contributed by atoms with Gasteiger partial charge in [-0.2, -0.15) is 8.42 Å². The average Bonchev–Trinajstić information content (AvgIpc) is 2.45. The van der Waals surface area contributed by atoms with Crippen LogP contribution in [0.3, 0.4) is 0 Å². The standard InChI is InChI=1S/C17H26O3S/c1-2-3-4-5-6-7-11-14-17(21(18,19)20)15-16-12-9-8-10-13-16/h8-10,12-13,15H,2-7,11,14H2,1H3,(H,18,19,20). The molecule has 1 aromatic carbocycles. The SMILES string of the molecule is CCCCCCCCCC(=Cc1ccccc1)S(=O)(=O)O. The summed E-state index contributed by atoms with van der Waals surface area (Å²) < 4.78 is 32.2. The fourth-order valence-electron chi connectivity index (χ4n) is 2.27. The first kappa shape index (κ1) is 17.9. The number of hydrogen-bond donors (Lipinski definition) is 1. The number of allylic oxidation sites excluding steroid dienone is 1. The molecule has 1 aromatic rings. The number of rotatable bonds is 10. The summed E-state index contributed by atoms with van der Waals surface area (Å²) in [6.45, 7) is 2.19. The minimum absolute atomic E-state index is 0.113. The molecule has 1 rings (SSSR count). The topological polar surface area (TPSA) is 54.4 Å². The molecule has 0 amide bonds. The predicted octanol–water partition coefficient (Wildman–Crippen LogP) is 5.06. The highest BCUT2D eigenvalue weighted by Gasteiger charge is 2.13. The predicted molar refractivity (Wildman–Crippen MR) is 88.6 cm³/mol. The fourth-order valence-corrected chi connectivity index (χ4v) is 2.95. The van der Waals surface area contributed by atoms with Crippen molar-refractivity contribution >= 4 is 16.2 Å². The zero-order valence-electron chi connectivity index (χ0n) is 12.8. The first-order valence-corrected chi connectivity index (χ1v) is 9.21. The lowest BCUT2D eigenvalue weighted by Crippen LogP contribution is -2.02. The van der Waals surface area contributed by atoms with Crippen LogP contribution in [0.1, 0.15) is 63.9 Å². The van der Waals surface area contributed by atoms with Crippen molar-refractivity contribution < 1.29 is 13.0 Å². The maximum atomic E-state index is 11.4. The van der Waals surface area contributed by atoms with Gasteiger partial charge in [0, 0.05) is 0 Å². The van der Waals surface area contributed by atoms with Gasteiger partial charge in [-0.05, 0) is 24.5 Å². The molecule has 0 aromatic heterocycles. The van der Waals surface area contributed by atoms with Crippen molar-refractivity contribution in [2.45, 2.75) is 58.3 Å². The molecule has 0 saturated heterocycles. The van der Waals surface area contributed by atoms with Crippen LogP contribution in [0, 0.1) is 0 Å². The van der Waals surface area contributed by atoms with E-state index in [9.17, 15) is 13.0 Å². The zero-order chi connectivity index (χ0) is 15.6. The number of hydrogen-bond acceptors (Lipinski definition) is 2. The highest BCUT2D eigenvalue weighted by molar-refractivity contribution is 7.90.